The van der Waals surface area contributed by atoms with Crippen LogP contribution in [0, 0.1) is 0 Å². The largest absolute Gasteiger partial charge is 0.494 e. The fourth-order valence-corrected chi connectivity index (χ4v) is 4.45. The molecule has 0 unspecified atom stereocenters. The molecule has 3 aromatic carbocycles. The number of rotatable bonds is 8. The molecule has 0 saturated heterocycles. The van der Waals surface area contributed by atoms with Crippen LogP contribution in [0.15, 0.2) is 72.8 Å². The molecule has 4 rings (SSSR count). The normalized spacial score (nSPS) is 11.5. The van der Waals surface area contributed by atoms with E-state index < -0.39 is 11.7 Å². The first kappa shape index (κ1) is 23.8. The first-order valence-corrected chi connectivity index (χ1v) is 11.7. The van der Waals surface area contributed by atoms with E-state index in [-0.39, 0.29) is 23.1 Å². The summed E-state index contributed by atoms with van der Waals surface area (Å²) in [6.07, 6.45) is -2.58. The molecule has 0 fully saturated rings. The van der Waals surface area contributed by atoms with Gasteiger partial charge in [-0.3, -0.25) is 9.69 Å². The highest BCUT2D eigenvalue weighted by molar-refractivity contribution is 7.22. The van der Waals surface area contributed by atoms with E-state index in [2.05, 4.69) is 11.9 Å². The first-order valence-electron chi connectivity index (χ1n) is 10.9. The lowest BCUT2D eigenvalue weighted by atomic mass is 10.1. The Hall–Kier alpha value is -3.39. The highest BCUT2D eigenvalue weighted by Gasteiger charge is 2.34. The SMILES string of the molecule is CCCCOc1ccc(C(=O)N(Cc2ccccc2)c2nc3c(C(F)(F)F)cccc3s2)cc1. The van der Waals surface area contributed by atoms with Crippen molar-refractivity contribution in [1.82, 2.24) is 4.98 Å². The average Bonchev–Trinajstić information content (AvgIpc) is 3.27. The van der Waals surface area contributed by atoms with E-state index in [0.717, 1.165) is 35.8 Å². The third-order valence-electron chi connectivity index (χ3n) is 5.24. The fourth-order valence-electron chi connectivity index (χ4n) is 3.46. The van der Waals surface area contributed by atoms with Gasteiger partial charge in [0.2, 0.25) is 0 Å². The van der Waals surface area contributed by atoms with Gasteiger partial charge in [-0.25, -0.2) is 4.98 Å². The molecule has 1 aromatic heterocycles. The van der Waals surface area contributed by atoms with E-state index in [1.165, 1.54) is 11.0 Å². The molecule has 8 heteroatoms. The van der Waals surface area contributed by atoms with Gasteiger partial charge in [-0.2, -0.15) is 13.2 Å². The summed E-state index contributed by atoms with van der Waals surface area (Å²) in [5.41, 5.74) is 0.272. The Morgan fingerprint density at radius 2 is 1.74 bits per heavy atom. The number of ether oxygens (including phenoxy) is 1. The third-order valence-corrected chi connectivity index (χ3v) is 6.28. The summed E-state index contributed by atoms with van der Waals surface area (Å²) < 4.78 is 46.6. The van der Waals surface area contributed by atoms with Gasteiger partial charge in [0.05, 0.1) is 28.9 Å². The molecule has 4 aromatic rings. The van der Waals surface area contributed by atoms with Gasteiger partial charge in [0.1, 0.15) is 5.75 Å². The van der Waals surface area contributed by atoms with Crippen molar-refractivity contribution in [2.75, 3.05) is 11.5 Å². The number of para-hydroxylation sites is 1. The average molecular weight is 485 g/mol. The van der Waals surface area contributed by atoms with Crippen LogP contribution in [-0.2, 0) is 12.7 Å². The maximum atomic E-state index is 13.5. The fraction of sp³-hybridized carbons (Fsp3) is 0.231. The van der Waals surface area contributed by atoms with Crippen LogP contribution in [0.25, 0.3) is 10.2 Å². The summed E-state index contributed by atoms with van der Waals surface area (Å²) in [6.45, 7) is 2.85. The van der Waals surface area contributed by atoms with Crippen LogP contribution >= 0.6 is 11.3 Å². The molecule has 0 atom stereocenters. The number of hydrogen-bond acceptors (Lipinski definition) is 4. The molecule has 1 amide bonds. The second kappa shape index (κ2) is 10.3. The quantitative estimate of drug-likeness (QED) is 0.246. The summed E-state index contributed by atoms with van der Waals surface area (Å²) in [5, 5.41) is 0.212. The number of benzene rings is 3. The van der Waals surface area contributed by atoms with Gasteiger partial charge in [-0.1, -0.05) is 61.1 Å². The molecule has 34 heavy (non-hydrogen) atoms. The minimum atomic E-state index is -4.53. The summed E-state index contributed by atoms with van der Waals surface area (Å²) in [6, 6.07) is 20.0. The van der Waals surface area contributed by atoms with Crippen LogP contribution < -0.4 is 9.64 Å². The Kier molecular flexibility index (Phi) is 7.17. The second-order valence-corrected chi connectivity index (χ2v) is 8.76. The molecule has 176 valence electrons. The van der Waals surface area contributed by atoms with Crippen molar-refractivity contribution in [3.63, 3.8) is 0 Å². The van der Waals surface area contributed by atoms with E-state index in [4.69, 9.17) is 4.74 Å². The predicted molar refractivity (Wildman–Crippen MR) is 128 cm³/mol. The zero-order valence-electron chi connectivity index (χ0n) is 18.5. The van der Waals surface area contributed by atoms with E-state index in [9.17, 15) is 18.0 Å². The number of carbonyl (C=O) groups is 1. The molecule has 0 aliphatic rings. The van der Waals surface area contributed by atoms with Crippen molar-refractivity contribution in [3.8, 4) is 5.75 Å². The zero-order valence-corrected chi connectivity index (χ0v) is 19.3. The standard InChI is InChI=1S/C26H23F3N2O2S/c1-2-3-16-33-20-14-12-19(13-15-20)24(32)31(17-18-8-5-4-6-9-18)25-30-23-21(26(27,28)29)10-7-11-22(23)34-25/h4-15H,2-3,16-17H2,1H3. The zero-order chi connectivity index (χ0) is 24.1. The number of carbonyl (C=O) groups excluding carboxylic acids is 1. The molecule has 4 nitrogen and oxygen atoms in total. The molecule has 0 radical (unpaired) electrons. The smallest absolute Gasteiger partial charge is 0.418 e. The van der Waals surface area contributed by atoms with Crippen LogP contribution in [0.1, 0.15) is 41.3 Å². The van der Waals surface area contributed by atoms with Crippen LogP contribution in [0.4, 0.5) is 18.3 Å². The number of thiazole rings is 1. The van der Waals surface area contributed by atoms with Crippen molar-refractivity contribution in [2.24, 2.45) is 0 Å². The lowest BCUT2D eigenvalue weighted by Crippen LogP contribution is -2.30. The lowest BCUT2D eigenvalue weighted by molar-refractivity contribution is -0.136. The Morgan fingerprint density at radius 1 is 1.00 bits per heavy atom. The molecule has 0 aliphatic carbocycles. The van der Waals surface area contributed by atoms with Gasteiger partial charge in [-0.15, -0.1) is 0 Å². The number of alkyl halides is 3. The van der Waals surface area contributed by atoms with Crippen LogP contribution in [0.2, 0.25) is 0 Å². The predicted octanol–water partition coefficient (Wildman–Crippen LogP) is 7.34. The van der Waals surface area contributed by atoms with Crippen LogP contribution in [-0.4, -0.2) is 17.5 Å². The monoisotopic (exact) mass is 484 g/mol. The number of amides is 1. The van der Waals surface area contributed by atoms with Gasteiger partial charge in [0.15, 0.2) is 5.13 Å². The summed E-state index contributed by atoms with van der Waals surface area (Å²) in [5.74, 6) is 0.311. The van der Waals surface area contributed by atoms with E-state index in [1.807, 2.05) is 30.3 Å². The van der Waals surface area contributed by atoms with Crippen LogP contribution in [0.5, 0.6) is 5.75 Å². The molecule has 0 saturated carbocycles. The Morgan fingerprint density at radius 3 is 2.41 bits per heavy atom. The maximum Gasteiger partial charge on any atom is 0.418 e. The van der Waals surface area contributed by atoms with Crippen molar-refractivity contribution in [2.45, 2.75) is 32.5 Å². The highest BCUT2D eigenvalue weighted by atomic mass is 32.1. The topological polar surface area (TPSA) is 42.4 Å². The minimum Gasteiger partial charge on any atom is -0.494 e. The van der Waals surface area contributed by atoms with Gasteiger partial charge >= 0.3 is 6.18 Å². The number of halogens is 3. The molecule has 1 heterocycles. The summed E-state index contributed by atoms with van der Waals surface area (Å²) >= 11 is 1.06. The van der Waals surface area contributed by atoms with E-state index in [1.54, 1.807) is 30.3 Å². The molecule has 0 bridgehead atoms. The van der Waals surface area contributed by atoms with Gasteiger partial charge < -0.3 is 4.74 Å². The van der Waals surface area contributed by atoms with Gasteiger partial charge in [-0.05, 0) is 48.4 Å². The van der Waals surface area contributed by atoms with Crippen molar-refractivity contribution >= 4 is 32.6 Å². The second-order valence-electron chi connectivity index (χ2n) is 7.75. The van der Waals surface area contributed by atoms with Gasteiger partial charge in [0, 0.05) is 5.56 Å². The van der Waals surface area contributed by atoms with Gasteiger partial charge in [0.25, 0.3) is 5.91 Å². The number of unbranched alkanes of at least 4 members (excludes halogenated alkanes) is 1. The molecule has 0 N–H and O–H groups in total. The summed E-state index contributed by atoms with van der Waals surface area (Å²) in [7, 11) is 0. The van der Waals surface area contributed by atoms with E-state index in [0.29, 0.717) is 22.6 Å². The molecule has 0 aliphatic heterocycles. The van der Waals surface area contributed by atoms with E-state index >= 15 is 0 Å². The number of fused-ring (bicyclic) bond motifs is 1. The number of nitrogens with zero attached hydrogens (tertiary/aromatic N) is 2. The van der Waals surface area contributed by atoms with Crippen molar-refractivity contribution in [1.29, 1.82) is 0 Å². The lowest BCUT2D eigenvalue weighted by Gasteiger charge is -2.20. The molecule has 0 spiro atoms. The highest BCUT2D eigenvalue weighted by Crippen LogP contribution is 2.39. The summed E-state index contributed by atoms with van der Waals surface area (Å²) in [4.78, 5) is 19.2. The number of anilines is 1. The first-order chi connectivity index (χ1) is 16.4. The molecular weight excluding hydrogens is 461 g/mol. The Balaban J connectivity index is 1.69. The maximum absolute atomic E-state index is 13.5. The molecular formula is C26H23F3N2O2S. The minimum absolute atomic E-state index is 0.152. The van der Waals surface area contributed by atoms with Crippen LogP contribution in [0.3, 0.4) is 0 Å². The van der Waals surface area contributed by atoms with Crippen molar-refractivity contribution < 1.29 is 22.7 Å². The third kappa shape index (κ3) is 5.39. The Bertz CT molecular complexity index is 1250. The number of aromatic nitrogens is 1. The number of hydrogen-bond donors (Lipinski definition) is 0. The van der Waals surface area contributed by atoms with Crippen molar-refractivity contribution in [3.05, 3.63) is 89.5 Å². The Labute approximate surface area is 199 Å².